The molecule has 2 aromatic carbocycles. The van der Waals surface area contributed by atoms with Gasteiger partial charge in [-0.3, -0.25) is 0 Å². The zero-order valence-electron chi connectivity index (χ0n) is 20.4. The van der Waals surface area contributed by atoms with Gasteiger partial charge in [0.05, 0.1) is 0 Å². The first kappa shape index (κ1) is 21.9. The largest absolute Gasteiger partial charge is 0.362 e. The second-order valence-corrected chi connectivity index (χ2v) is 10.9. The summed E-state index contributed by atoms with van der Waals surface area (Å²) in [5, 5.41) is 0. The lowest BCUT2D eigenvalue weighted by Crippen LogP contribution is -2.45. The molecule has 0 spiro atoms. The Morgan fingerprint density at radius 3 is 1.79 bits per heavy atom. The highest BCUT2D eigenvalue weighted by Crippen LogP contribution is 2.53. The highest BCUT2D eigenvalue weighted by atomic mass is 15.3. The van der Waals surface area contributed by atoms with Crippen LogP contribution in [-0.2, 0) is 5.41 Å². The van der Waals surface area contributed by atoms with Crippen LogP contribution in [0.5, 0.6) is 0 Å². The third-order valence-corrected chi connectivity index (χ3v) is 7.23. The molecule has 0 aromatic heterocycles. The number of hydrogen-bond donors (Lipinski definition) is 0. The van der Waals surface area contributed by atoms with E-state index in [0.717, 1.165) is 6.42 Å². The zero-order chi connectivity index (χ0) is 21.7. The maximum atomic E-state index is 2.77. The average Bonchev–Trinajstić information content (AvgIpc) is 2.78. The zero-order valence-corrected chi connectivity index (χ0v) is 20.4. The van der Waals surface area contributed by atoms with Crippen molar-refractivity contribution in [2.24, 2.45) is 0 Å². The van der Waals surface area contributed by atoms with Crippen molar-refractivity contribution in [2.75, 3.05) is 4.90 Å². The standard InChI is InChI=1S/C28H41N/c1-18(2)24-12-11-13-25(19(3)4)26(24)29-22(7)28(10,17-27(29,8)9)23-15-20(5)14-21(6)16-23/h11-16,18-19,22H,17H2,1-10H3/t22?,28-/m0/s1. The molecule has 1 aliphatic rings. The molecule has 1 heteroatoms. The quantitative estimate of drug-likeness (QED) is 0.512. The molecule has 2 aromatic rings. The molecule has 0 bridgehead atoms. The number of hydrogen-bond acceptors (Lipinski definition) is 1. The smallest absolute Gasteiger partial charge is 0.0443 e. The third-order valence-electron chi connectivity index (χ3n) is 7.23. The fraction of sp³-hybridized carbons (Fsp3) is 0.571. The van der Waals surface area contributed by atoms with Crippen LogP contribution >= 0.6 is 0 Å². The molecule has 1 aliphatic heterocycles. The Labute approximate surface area is 179 Å². The molecule has 158 valence electrons. The molecule has 0 amide bonds. The van der Waals surface area contributed by atoms with Crippen LogP contribution in [-0.4, -0.2) is 11.6 Å². The maximum absolute atomic E-state index is 2.77. The predicted molar refractivity (Wildman–Crippen MR) is 129 cm³/mol. The fourth-order valence-electron chi connectivity index (χ4n) is 5.87. The molecular weight excluding hydrogens is 350 g/mol. The molecule has 0 aliphatic carbocycles. The molecule has 1 heterocycles. The minimum absolute atomic E-state index is 0.0977. The molecule has 0 N–H and O–H groups in total. The van der Waals surface area contributed by atoms with Gasteiger partial charge in [0.1, 0.15) is 0 Å². The van der Waals surface area contributed by atoms with Gasteiger partial charge in [0, 0.05) is 22.7 Å². The minimum Gasteiger partial charge on any atom is -0.362 e. The van der Waals surface area contributed by atoms with Gasteiger partial charge in [0.25, 0.3) is 0 Å². The molecule has 0 saturated carbocycles. The van der Waals surface area contributed by atoms with Gasteiger partial charge in [-0.1, -0.05) is 82.1 Å². The van der Waals surface area contributed by atoms with Crippen molar-refractivity contribution in [1.29, 1.82) is 0 Å². The van der Waals surface area contributed by atoms with Gasteiger partial charge in [-0.15, -0.1) is 0 Å². The van der Waals surface area contributed by atoms with E-state index in [1.54, 1.807) is 0 Å². The summed E-state index contributed by atoms with van der Waals surface area (Å²) in [6.07, 6.45) is 1.16. The average molecular weight is 392 g/mol. The van der Waals surface area contributed by atoms with Gasteiger partial charge in [-0.2, -0.15) is 0 Å². The van der Waals surface area contributed by atoms with Gasteiger partial charge in [-0.05, 0) is 69.6 Å². The fourth-order valence-corrected chi connectivity index (χ4v) is 5.87. The van der Waals surface area contributed by atoms with E-state index in [4.69, 9.17) is 0 Å². The number of aryl methyl sites for hydroxylation is 2. The van der Waals surface area contributed by atoms with Crippen molar-refractivity contribution in [3.8, 4) is 0 Å². The van der Waals surface area contributed by atoms with E-state index >= 15 is 0 Å². The van der Waals surface area contributed by atoms with Crippen molar-refractivity contribution < 1.29 is 0 Å². The monoisotopic (exact) mass is 391 g/mol. The van der Waals surface area contributed by atoms with Crippen LogP contribution in [0.1, 0.15) is 101 Å². The van der Waals surface area contributed by atoms with Gasteiger partial charge < -0.3 is 4.90 Å². The summed E-state index contributed by atoms with van der Waals surface area (Å²) in [6, 6.07) is 14.5. The van der Waals surface area contributed by atoms with E-state index in [1.165, 1.54) is 33.5 Å². The number of para-hydroxylation sites is 1. The maximum Gasteiger partial charge on any atom is 0.0443 e. The topological polar surface area (TPSA) is 3.24 Å². The van der Waals surface area contributed by atoms with Crippen LogP contribution in [0, 0.1) is 13.8 Å². The van der Waals surface area contributed by atoms with Crippen LogP contribution in [0.4, 0.5) is 5.69 Å². The number of benzene rings is 2. The molecule has 2 atom stereocenters. The summed E-state index contributed by atoms with van der Waals surface area (Å²) in [7, 11) is 0. The first-order valence-electron chi connectivity index (χ1n) is 11.4. The number of rotatable bonds is 4. The summed E-state index contributed by atoms with van der Waals surface area (Å²) in [5.41, 5.74) is 8.92. The SMILES string of the molecule is Cc1cc(C)cc([C@@]2(C)CC(C)(C)N(c3c(C(C)C)cccc3C(C)C)C2C)c1. The Morgan fingerprint density at radius 2 is 1.34 bits per heavy atom. The highest BCUT2D eigenvalue weighted by molar-refractivity contribution is 5.66. The van der Waals surface area contributed by atoms with E-state index in [1.807, 2.05) is 0 Å². The van der Waals surface area contributed by atoms with E-state index in [0.29, 0.717) is 17.9 Å². The Morgan fingerprint density at radius 1 is 0.862 bits per heavy atom. The first-order valence-corrected chi connectivity index (χ1v) is 11.4. The molecule has 1 saturated heterocycles. The summed E-state index contributed by atoms with van der Waals surface area (Å²) in [6.45, 7) is 23.6. The van der Waals surface area contributed by atoms with E-state index in [2.05, 4.69) is 111 Å². The van der Waals surface area contributed by atoms with Crippen molar-refractivity contribution >= 4 is 5.69 Å². The molecule has 1 unspecified atom stereocenters. The Kier molecular flexibility index (Phi) is 5.67. The van der Waals surface area contributed by atoms with Crippen LogP contribution in [0.15, 0.2) is 36.4 Å². The van der Waals surface area contributed by atoms with Crippen molar-refractivity contribution in [1.82, 2.24) is 0 Å². The van der Waals surface area contributed by atoms with E-state index in [-0.39, 0.29) is 11.0 Å². The van der Waals surface area contributed by atoms with Gasteiger partial charge in [-0.25, -0.2) is 0 Å². The van der Waals surface area contributed by atoms with Crippen molar-refractivity contribution in [3.05, 3.63) is 64.2 Å². The Hall–Kier alpha value is -1.76. The Balaban J connectivity index is 2.22. The molecule has 0 radical (unpaired) electrons. The second kappa shape index (κ2) is 7.49. The normalized spacial score (nSPS) is 24.0. The van der Waals surface area contributed by atoms with Gasteiger partial charge >= 0.3 is 0 Å². The van der Waals surface area contributed by atoms with Crippen LogP contribution in [0.3, 0.4) is 0 Å². The molecule has 29 heavy (non-hydrogen) atoms. The lowest BCUT2D eigenvalue weighted by atomic mass is 9.73. The molecular formula is C28H41N. The molecule has 1 fully saturated rings. The lowest BCUT2D eigenvalue weighted by molar-refractivity contribution is 0.420. The molecule has 3 rings (SSSR count). The second-order valence-electron chi connectivity index (χ2n) is 10.9. The Bertz CT molecular complexity index is 843. The first-order chi connectivity index (χ1) is 13.4. The van der Waals surface area contributed by atoms with Crippen LogP contribution in [0.2, 0.25) is 0 Å². The number of nitrogens with zero attached hydrogens (tertiary/aromatic N) is 1. The summed E-state index contributed by atoms with van der Waals surface area (Å²) >= 11 is 0. The predicted octanol–water partition coefficient (Wildman–Crippen LogP) is 7.89. The third kappa shape index (κ3) is 3.74. The van der Waals surface area contributed by atoms with Crippen LogP contribution < -0.4 is 4.90 Å². The summed E-state index contributed by atoms with van der Waals surface area (Å²) in [4.78, 5) is 2.77. The van der Waals surface area contributed by atoms with Gasteiger partial charge in [0.2, 0.25) is 0 Å². The minimum atomic E-state index is 0.0977. The highest BCUT2D eigenvalue weighted by Gasteiger charge is 2.53. The van der Waals surface area contributed by atoms with E-state index in [9.17, 15) is 0 Å². The van der Waals surface area contributed by atoms with Crippen molar-refractivity contribution in [2.45, 2.75) is 104 Å². The lowest BCUT2D eigenvalue weighted by Gasteiger charge is -2.42. The number of anilines is 1. The van der Waals surface area contributed by atoms with Crippen molar-refractivity contribution in [3.63, 3.8) is 0 Å². The summed E-state index contributed by atoms with van der Waals surface area (Å²) in [5.74, 6) is 1.03. The van der Waals surface area contributed by atoms with Gasteiger partial charge in [0.15, 0.2) is 0 Å². The summed E-state index contributed by atoms with van der Waals surface area (Å²) < 4.78 is 0. The van der Waals surface area contributed by atoms with E-state index < -0.39 is 0 Å². The molecule has 1 nitrogen and oxygen atoms in total. The van der Waals surface area contributed by atoms with Crippen LogP contribution in [0.25, 0.3) is 0 Å².